The first-order chi connectivity index (χ1) is 16.2. The molecule has 0 fully saturated rings. The number of nitrogens with two attached hydrogens (primary N) is 1. The van der Waals surface area contributed by atoms with Crippen LogP contribution >= 0.6 is 0 Å². The van der Waals surface area contributed by atoms with Crippen molar-refractivity contribution in [3.05, 3.63) is 45.4 Å². The number of phenols is 1. The Balaban J connectivity index is 2.01. The van der Waals surface area contributed by atoms with E-state index in [1.54, 1.807) is 25.9 Å². The van der Waals surface area contributed by atoms with Gasteiger partial charge in [0.1, 0.15) is 28.4 Å². The second-order valence-corrected chi connectivity index (χ2v) is 9.71. The zero-order chi connectivity index (χ0) is 26.2. The maximum absolute atomic E-state index is 13.8. The van der Waals surface area contributed by atoms with Gasteiger partial charge in [-0.1, -0.05) is 6.92 Å². The van der Waals surface area contributed by atoms with Crippen molar-refractivity contribution in [3.8, 4) is 5.75 Å². The van der Waals surface area contributed by atoms with E-state index in [0.717, 1.165) is 7.11 Å². The number of primary amides is 1. The normalized spacial score (nSPS) is 27.7. The number of phenolic OH excluding ortho intramolecular Hbond substituents is 1. The monoisotopic (exact) mass is 486 g/mol. The third kappa shape index (κ3) is 3.07. The average Bonchev–Trinajstić information content (AvgIpc) is 2.75. The molecule has 0 unspecified atom stereocenters. The molecule has 0 heterocycles. The van der Waals surface area contributed by atoms with Crippen LogP contribution in [0.15, 0.2) is 28.7 Å². The number of nitrogens with zero attached hydrogens (tertiary/aromatic N) is 1. The lowest BCUT2D eigenvalue weighted by atomic mass is 9.54. The maximum atomic E-state index is 13.8. The third-order valence-electron chi connectivity index (χ3n) is 7.33. The highest BCUT2D eigenvalue weighted by Gasteiger charge is 2.62. The van der Waals surface area contributed by atoms with Crippen LogP contribution < -0.4 is 10.6 Å². The van der Waals surface area contributed by atoms with E-state index in [1.165, 1.54) is 6.07 Å². The molecular weight excluding hydrogens is 460 g/mol. The maximum Gasteiger partial charge on any atom is 0.341 e. The van der Waals surface area contributed by atoms with Crippen molar-refractivity contribution in [2.24, 2.45) is 17.1 Å². The molecule has 4 rings (SSSR count). The second kappa shape index (κ2) is 7.57. The molecule has 0 aliphatic heterocycles. The molecule has 3 aliphatic carbocycles. The van der Waals surface area contributed by atoms with Crippen LogP contribution in [0.1, 0.15) is 46.0 Å². The molecule has 1 amide bonds. The van der Waals surface area contributed by atoms with E-state index in [9.17, 15) is 39.6 Å². The van der Waals surface area contributed by atoms with Gasteiger partial charge < -0.3 is 35.8 Å². The highest BCUT2D eigenvalue weighted by molar-refractivity contribution is 6.25. The van der Waals surface area contributed by atoms with Crippen LogP contribution in [0, 0.1) is 11.3 Å². The number of anilines is 1. The summed E-state index contributed by atoms with van der Waals surface area (Å²) in [5, 5.41) is 43.8. The van der Waals surface area contributed by atoms with E-state index >= 15 is 0 Å². The van der Waals surface area contributed by atoms with Crippen LogP contribution in [-0.2, 0) is 20.7 Å². The molecule has 1 aromatic carbocycles. The first kappa shape index (κ1) is 24.3. The average molecular weight is 486 g/mol. The predicted octanol–water partition coefficient (Wildman–Crippen LogP) is 0.823. The molecule has 0 bridgehead atoms. The van der Waals surface area contributed by atoms with Gasteiger partial charge in [-0.2, -0.15) is 0 Å². The Hall–Kier alpha value is -3.86. The minimum atomic E-state index is -2.67. The van der Waals surface area contributed by atoms with Gasteiger partial charge in [0.2, 0.25) is 5.78 Å². The Labute approximate surface area is 200 Å². The van der Waals surface area contributed by atoms with E-state index in [0.29, 0.717) is 11.3 Å². The molecule has 11 heteroatoms. The fourth-order valence-electron chi connectivity index (χ4n) is 5.73. The standard InChI is InChI=1S/C24H26N2O9/c1-23-7-9-5-13(27)15(21(25)32)19(30)24(9,34)20(31)16(23)18(29)14-11(8-23)12(26(2)3)6-10(17(14)28)22(33)35-4/h6,9,27-28,31,34H,5,7-8H2,1-4H3,(H2,25,32)/t9-,23-,24-/m1/s1. The fraction of sp³-hybridized carbons (Fsp3) is 0.417. The molecule has 0 saturated carbocycles. The zero-order valence-corrected chi connectivity index (χ0v) is 19.6. The van der Waals surface area contributed by atoms with Crippen molar-refractivity contribution < 1.29 is 44.3 Å². The van der Waals surface area contributed by atoms with Crippen molar-refractivity contribution >= 4 is 29.1 Å². The Bertz CT molecular complexity index is 1290. The number of Topliss-reactive ketones (excluding diaryl/α,β-unsaturated/α-hetero) is 2. The number of amides is 1. The molecule has 0 saturated heterocycles. The van der Waals surface area contributed by atoms with Crippen LogP contribution in [0.4, 0.5) is 5.69 Å². The number of benzene rings is 1. The quantitative estimate of drug-likeness (QED) is 0.302. The van der Waals surface area contributed by atoms with Crippen LogP contribution in [0.25, 0.3) is 0 Å². The summed E-state index contributed by atoms with van der Waals surface area (Å²) in [6.45, 7) is 1.67. The predicted molar refractivity (Wildman–Crippen MR) is 121 cm³/mol. The fourth-order valence-corrected chi connectivity index (χ4v) is 5.73. The smallest absolute Gasteiger partial charge is 0.341 e. The Morgan fingerprint density at radius 2 is 1.83 bits per heavy atom. The number of methoxy groups -OCH3 is 1. The van der Waals surface area contributed by atoms with Crippen LogP contribution in [0.2, 0.25) is 0 Å². The van der Waals surface area contributed by atoms with E-state index in [-0.39, 0.29) is 36.0 Å². The molecule has 0 aromatic heterocycles. The Morgan fingerprint density at radius 3 is 2.37 bits per heavy atom. The number of esters is 1. The lowest BCUT2D eigenvalue weighted by Gasteiger charge is -2.50. The number of hydrogen-bond acceptors (Lipinski definition) is 10. The Morgan fingerprint density at radius 1 is 1.20 bits per heavy atom. The van der Waals surface area contributed by atoms with E-state index in [4.69, 9.17) is 10.5 Å². The van der Waals surface area contributed by atoms with Gasteiger partial charge in [0.25, 0.3) is 5.91 Å². The van der Waals surface area contributed by atoms with Crippen molar-refractivity contribution in [1.82, 2.24) is 0 Å². The number of carbonyl (C=O) groups is 4. The van der Waals surface area contributed by atoms with Gasteiger partial charge in [0.05, 0.1) is 12.7 Å². The summed E-state index contributed by atoms with van der Waals surface area (Å²) in [6, 6.07) is 1.40. The van der Waals surface area contributed by atoms with Gasteiger partial charge in [-0.3, -0.25) is 14.4 Å². The van der Waals surface area contributed by atoms with Crippen LogP contribution in [-0.4, -0.2) is 70.7 Å². The minimum absolute atomic E-state index is 0.0116. The number of fused-ring (bicyclic) bond motifs is 3. The third-order valence-corrected chi connectivity index (χ3v) is 7.33. The summed E-state index contributed by atoms with van der Waals surface area (Å²) in [5.74, 6) is -7.59. The lowest BCUT2D eigenvalue weighted by molar-refractivity contribution is -0.145. The molecular formula is C24H26N2O9. The van der Waals surface area contributed by atoms with Crippen molar-refractivity contribution in [1.29, 1.82) is 0 Å². The summed E-state index contributed by atoms with van der Waals surface area (Å²) in [4.78, 5) is 52.6. The summed E-state index contributed by atoms with van der Waals surface area (Å²) in [7, 11) is 4.50. The second-order valence-electron chi connectivity index (χ2n) is 9.71. The van der Waals surface area contributed by atoms with Crippen molar-refractivity contribution in [3.63, 3.8) is 0 Å². The molecule has 1 aromatic rings. The number of aliphatic hydroxyl groups is 3. The SMILES string of the molecule is COC(=O)c1cc(N(C)C)c2c(c1O)C(=O)C1=C(O)[C@]3(O)C(=O)C(C(N)=O)=C(O)C[C@@H]3C[C@]1(C)C2. The number of ketones is 2. The van der Waals surface area contributed by atoms with Crippen LogP contribution in [0.5, 0.6) is 5.75 Å². The molecule has 3 atom stereocenters. The number of aromatic hydroxyl groups is 1. The topological polar surface area (TPSA) is 188 Å². The number of rotatable bonds is 3. The highest BCUT2D eigenvalue weighted by Crippen LogP contribution is 2.57. The van der Waals surface area contributed by atoms with Gasteiger partial charge in [-0.25, -0.2) is 4.79 Å². The van der Waals surface area contributed by atoms with E-state index < -0.39 is 63.2 Å². The number of carbonyl (C=O) groups excluding carboxylic acids is 4. The van der Waals surface area contributed by atoms with Crippen LogP contribution in [0.3, 0.4) is 0 Å². The number of aliphatic hydroxyl groups excluding tert-OH is 2. The van der Waals surface area contributed by atoms with E-state index in [1.807, 2.05) is 0 Å². The number of allylic oxidation sites excluding steroid dienone is 2. The molecule has 11 nitrogen and oxygen atoms in total. The molecule has 6 N–H and O–H groups in total. The minimum Gasteiger partial charge on any atom is -0.511 e. The highest BCUT2D eigenvalue weighted by atomic mass is 16.5. The Kier molecular flexibility index (Phi) is 5.25. The van der Waals surface area contributed by atoms with Crippen molar-refractivity contribution in [2.45, 2.75) is 31.8 Å². The zero-order valence-electron chi connectivity index (χ0n) is 19.6. The number of ether oxygens (including phenoxy) is 1. The van der Waals surface area contributed by atoms with Gasteiger partial charge in [-0.15, -0.1) is 0 Å². The summed E-state index contributed by atoms with van der Waals surface area (Å²) in [6.07, 6.45) is -0.228. The first-order valence-corrected chi connectivity index (χ1v) is 10.8. The van der Waals surface area contributed by atoms with Gasteiger partial charge in [0.15, 0.2) is 11.4 Å². The summed E-state index contributed by atoms with van der Waals surface area (Å²) >= 11 is 0. The molecule has 35 heavy (non-hydrogen) atoms. The lowest BCUT2D eigenvalue weighted by Crippen LogP contribution is -2.59. The van der Waals surface area contributed by atoms with Gasteiger partial charge >= 0.3 is 5.97 Å². The first-order valence-electron chi connectivity index (χ1n) is 10.8. The molecule has 0 spiro atoms. The molecule has 0 radical (unpaired) electrons. The largest absolute Gasteiger partial charge is 0.511 e. The van der Waals surface area contributed by atoms with Gasteiger partial charge in [-0.05, 0) is 24.5 Å². The van der Waals surface area contributed by atoms with Crippen molar-refractivity contribution in [2.75, 3.05) is 26.1 Å². The summed E-state index contributed by atoms with van der Waals surface area (Å²) in [5.41, 5.74) is 0.630. The van der Waals surface area contributed by atoms with E-state index in [2.05, 4.69) is 0 Å². The molecule has 186 valence electrons. The molecule has 3 aliphatic rings. The summed E-state index contributed by atoms with van der Waals surface area (Å²) < 4.78 is 4.72. The van der Waals surface area contributed by atoms with Gasteiger partial charge in [0, 0.05) is 43.1 Å². The number of hydrogen-bond donors (Lipinski definition) is 5.